The molecule has 3 nitrogen and oxygen atoms in total. The van der Waals surface area contributed by atoms with E-state index in [1.165, 1.54) is 5.56 Å². The third kappa shape index (κ3) is 3.14. The summed E-state index contributed by atoms with van der Waals surface area (Å²) in [7, 11) is 1.70. The average molecular weight is 295 g/mol. The minimum absolute atomic E-state index is 0.0545. The van der Waals surface area contributed by atoms with Crippen LogP contribution in [-0.4, -0.2) is 19.6 Å². The molecule has 0 aromatic heterocycles. The Morgan fingerprint density at radius 2 is 1.77 bits per heavy atom. The molecule has 0 atom stereocenters. The van der Waals surface area contributed by atoms with Gasteiger partial charge in [0.25, 0.3) is 0 Å². The molecule has 0 spiro atoms. The Labute approximate surface area is 131 Å². The molecule has 1 N–H and O–H groups in total. The molecule has 0 unspecified atom stereocenters. The first kappa shape index (κ1) is 14.6. The molecule has 0 heterocycles. The van der Waals surface area contributed by atoms with Crippen LogP contribution in [0.1, 0.15) is 24.0 Å². The van der Waals surface area contributed by atoms with E-state index in [-0.39, 0.29) is 11.3 Å². The van der Waals surface area contributed by atoms with Crippen LogP contribution in [-0.2, 0) is 16.6 Å². The van der Waals surface area contributed by atoms with Crippen molar-refractivity contribution >= 4 is 5.91 Å². The van der Waals surface area contributed by atoms with Gasteiger partial charge in [-0.3, -0.25) is 4.79 Å². The average Bonchev–Trinajstić information content (AvgIpc) is 3.35. The Balaban J connectivity index is 1.62. The van der Waals surface area contributed by atoms with Gasteiger partial charge in [-0.15, -0.1) is 0 Å². The van der Waals surface area contributed by atoms with E-state index >= 15 is 0 Å². The lowest BCUT2D eigenvalue weighted by Crippen LogP contribution is -2.33. The van der Waals surface area contributed by atoms with E-state index < -0.39 is 0 Å². The standard InChI is InChI=1S/C19H21NO2/c1-22-17-10-6-5-9-16(17)19(11-12-19)14-20-18(21)13-15-7-3-2-4-8-15/h2-10H,11-14H2,1H3,(H,20,21). The van der Waals surface area contributed by atoms with Crippen molar-refractivity contribution < 1.29 is 9.53 Å². The number of nitrogens with one attached hydrogen (secondary N) is 1. The number of amides is 1. The van der Waals surface area contributed by atoms with E-state index in [2.05, 4.69) is 11.4 Å². The highest BCUT2D eigenvalue weighted by atomic mass is 16.5. The van der Waals surface area contributed by atoms with Crippen LogP contribution in [0, 0.1) is 0 Å². The monoisotopic (exact) mass is 295 g/mol. The number of carbonyl (C=O) groups excluding carboxylic acids is 1. The van der Waals surface area contributed by atoms with Crippen LogP contribution in [0.3, 0.4) is 0 Å². The van der Waals surface area contributed by atoms with Crippen molar-refractivity contribution in [2.45, 2.75) is 24.7 Å². The maximum absolute atomic E-state index is 12.1. The van der Waals surface area contributed by atoms with Gasteiger partial charge < -0.3 is 10.1 Å². The maximum Gasteiger partial charge on any atom is 0.224 e. The van der Waals surface area contributed by atoms with Crippen LogP contribution >= 0.6 is 0 Å². The van der Waals surface area contributed by atoms with E-state index in [0.29, 0.717) is 13.0 Å². The van der Waals surface area contributed by atoms with Gasteiger partial charge in [-0.25, -0.2) is 0 Å². The number of methoxy groups -OCH3 is 1. The Hall–Kier alpha value is -2.29. The Morgan fingerprint density at radius 3 is 2.45 bits per heavy atom. The maximum atomic E-state index is 12.1. The van der Waals surface area contributed by atoms with E-state index in [0.717, 1.165) is 24.2 Å². The smallest absolute Gasteiger partial charge is 0.224 e. The summed E-state index contributed by atoms with van der Waals surface area (Å²) in [6.07, 6.45) is 2.63. The lowest BCUT2D eigenvalue weighted by Gasteiger charge is -2.19. The molecule has 1 amide bonds. The summed E-state index contributed by atoms with van der Waals surface area (Å²) in [5.41, 5.74) is 2.30. The molecule has 0 radical (unpaired) electrons. The highest BCUT2D eigenvalue weighted by Crippen LogP contribution is 2.50. The second-order valence-corrected chi connectivity index (χ2v) is 5.92. The van der Waals surface area contributed by atoms with Crippen LogP contribution < -0.4 is 10.1 Å². The van der Waals surface area contributed by atoms with E-state index in [4.69, 9.17) is 4.74 Å². The lowest BCUT2D eigenvalue weighted by molar-refractivity contribution is -0.120. The first-order chi connectivity index (χ1) is 10.7. The third-order valence-corrected chi connectivity index (χ3v) is 4.36. The van der Waals surface area contributed by atoms with Gasteiger partial charge in [0.2, 0.25) is 5.91 Å². The quantitative estimate of drug-likeness (QED) is 0.889. The molecular weight excluding hydrogens is 274 g/mol. The Kier molecular flexibility index (Phi) is 4.14. The highest BCUT2D eigenvalue weighted by molar-refractivity contribution is 5.78. The molecule has 1 saturated carbocycles. The second-order valence-electron chi connectivity index (χ2n) is 5.92. The van der Waals surface area contributed by atoms with Crippen molar-refractivity contribution in [3.63, 3.8) is 0 Å². The molecule has 22 heavy (non-hydrogen) atoms. The molecule has 2 aromatic carbocycles. The van der Waals surface area contributed by atoms with Crippen LogP contribution in [0.4, 0.5) is 0 Å². The molecule has 3 rings (SSSR count). The molecule has 1 aliphatic carbocycles. The fourth-order valence-electron chi connectivity index (χ4n) is 2.89. The number of carbonyl (C=O) groups is 1. The fourth-order valence-corrected chi connectivity index (χ4v) is 2.89. The topological polar surface area (TPSA) is 38.3 Å². The van der Waals surface area contributed by atoms with Gasteiger partial charge in [-0.1, -0.05) is 48.5 Å². The second kappa shape index (κ2) is 6.22. The normalized spacial score (nSPS) is 15.1. The van der Waals surface area contributed by atoms with Crippen molar-refractivity contribution in [3.8, 4) is 5.75 Å². The van der Waals surface area contributed by atoms with Gasteiger partial charge in [0, 0.05) is 17.5 Å². The molecule has 0 bridgehead atoms. The lowest BCUT2D eigenvalue weighted by atomic mass is 9.94. The van der Waals surface area contributed by atoms with E-state index in [9.17, 15) is 4.79 Å². The Bertz CT molecular complexity index is 647. The molecular formula is C19H21NO2. The summed E-state index contributed by atoms with van der Waals surface area (Å²) < 4.78 is 5.46. The van der Waals surface area contributed by atoms with Crippen molar-refractivity contribution in [1.29, 1.82) is 0 Å². The Morgan fingerprint density at radius 1 is 1.09 bits per heavy atom. The van der Waals surface area contributed by atoms with Crippen molar-refractivity contribution in [1.82, 2.24) is 5.32 Å². The summed E-state index contributed by atoms with van der Waals surface area (Å²) >= 11 is 0. The number of para-hydroxylation sites is 1. The first-order valence-corrected chi connectivity index (χ1v) is 7.68. The van der Waals surface area contributed by atoms with Gasteiger partial charge in [0.05, 0.1) is 13.5 Å². The van der Waals surface area contributed by atoms with Crippen molar-refractivity contribution in [2.24, 2.45) is 0 Å². The van der Waals surface area contributed by atoms with Gasteiger partial charge >= 0.3 is 0 Å². The highest BCUT2D eigenvalue weighted by Gasteiger charge is 2.46. The van der Waals surface area contributed by atoms with Crippen molar-refractivity contribution in [3.05, 3.63) is 65.7 Å². The SMILES string of the molecule is COc1ccccc1C1(CNC(=O)Cc2ccccc2)CC1. The minimum Gasteiger partial charge on any atom is -0.496 e. The molecule has 114 valence electrons. The van der Waals surface area contributed by atoms with Crippen LogP contribution in [0.2, 0.25) is 0 Å². The molecule has 3 heteroatoms. The summed E-state index contributed by atoms with van der Waals surface area (Å²) in [6.45, 7) is 0.680. The predicted molar refractivity (Wildman–Crippen MR) is 87.1 cm³/mol. The molecule has 2 aromatic rings. The van der Waals surface area contributed by atoms with Gasteiger partial charge in [0.1, 0.15) is 5.75 Å². The van der Waals surface area contributed by atoms with Crippen LogP contribution in [0.15, 0.2) is 54.6 Å². The van der Waals surface area contributed by atoms with E-state index in [1.54, 1.807) is 7.11 Å². The first-order valence-electron chi connectivity index (χ1n) is 7.68. The van der Waals surface area contributed by atoms with Crippen molar-refractivity contribution in [2.75, 3.05) is 13.7 Å². The zero-order valence-corrected chi connectivity index (χ0v) is 12.8. The number of benzene rings is 2. The minimum atomic E-state index is 0.0545. The summed E-state index contributed by atoms with van der Waals surface area (Å²) in [6, 6.07) is 17.9. The molecule has 1 aliphatic rings. The summed E-state index contributed by atoms with van der Waals surface area (Å²) in [5, 5.41) is 3.09. The van der Waals surface area contributed by atoms with E-state index in [1.807, 2.05) is 48.5 Å². The number of hydrogen-bond acceptors (Lipinski definition) is 2. The molecule has 0 aliphatic heterocycles. The van der Waals surface area contributed by atoms with Gasteiger partial charge in [0.15, 0.2) is 0 Å². The third-order valence-electron chi connectivity index (χ3n) is 4.36. The fraction of sp³-hybridized carbons (Fsp3) is 0.316. The van der Waals surface area contributed by atoms with Crippen LogP contribution in [0.5, 0.6) is 5.75 Å². The van der Waals surface area contributed by atoms with Gasteiger partial charge in [-0.2, -0.15) is 0 Å². The number of rotatable bonds is 6. The number of hydrogen-bond donors (Lipinski definition) is 1. The zero-order chi connectivity index (χ0) is 15.4. The largest absolute Gasteiger partial charge is 0.496 e. The predicted octanol–water partition coefficient (Wildman–Crippen LogP) is 3.09. The molecule has 0 saturated heterocycles. The zero-order valence-electron chi connectivity index (χ0n) is 12.8. The molecule has 1 fully saturated rings. The van der Waals surface area contributed by atoms with Crippen LogP contribution in [0.25, 0.3) is 0 Å². The number of ether oxygens (including phenoxy) is 1. The summed E-state index contributed by atoms with van der Waals surface area (Å²) in [5.74, 6) is 0.990. The summed E-state index contributed by atoms with van der Waals surface area (Å²) in [4.78, 5) is 12.1. The van der Waals surface area contributed by atoms with Gasteiger partial charge in [-0.05, 0) is 24.5 Å².